The fourth-order valence-corrected chi connectivity index (χ4v) is 1.53. The molecule has 0 saturated heterocycles. The number of urea groups is 1. The van der Waals surface area contributed by atoms with Gasteiger partial charge in [0.2, 0.25) is 0 Å². The Morgan fingerprint density at radius 2 is 1.89 bits per heavy atom. The Balaban J connectivity index is 2.14. The summed E-state index contributed by atoms with van der Waals surface area (Å²) in [6.45, 7) is 0. The quantitative estimate of drug-likeness (QED) is 0.848. The number of ether oxygens (including phenoxy) is 1. The molecule has 18 heavy (non-hydrogen) atoms. The summed E-state index contributed by atoms with van der Waals surface area (Å²) in [5, 5.41) is 2.46. The molecule has 3 N–H and O–H groups in total. The highest BCUT2D eigenvalue weighted by Crippen LogP contribution is 2.25. The third-order valence-corrected chi connectivity index (χ3v) is 2.24. The van der Waals surface area contributed by atoms with Gasteiger partial charge in [0.25, 0.3) is 0 Å². The number of nitrogens with two attached hydrogens (primary N) is 1. The maximum Gasteiger partial charge on any atom is 0.573 e. The molecule has 1 atom stereocenters. The number of carbonyl (C=O) groups excluding carboxylic acids is 1. The molecule has 8 heteroatoms. The van der Waals surface area contributed by atoms with Crippen LogP contribution in [0.15, 0.2) is 29.3 Å². The molecule has 0 aliphatic carbocycles. The van der Waals surface area contributed by atoms with Crippen LogP contribution in [0.4, 0.5) is 18.0 Å². The maximum atomic E-state index is 11.9. The number of rotatable bonds is 2. The smallest absolute Gasteiger partial charge is 0.406 e. The van der Waals surface area contributed by atoms with Crippen LogP contribution in [0.1, 0.15) is 11.6 Å². The van der Waals surface area contributed by atoms with Gasteiger partial charge in [-0.15, -0.1) is 13.2 Å². The van der Waals surface area contributed by atoms with E-state index in [1.54, 1.807) is 0 Å². The van der Waals surface area contributed by atoms with Gasteiger partial charge in [-0.25, -0.2) is 4.79 Å². The largest absolute Gasteiger partial charge is 0.573 e. The maximum absolute atomic E-state index is 11.9. The lowest BCUT2D eigenvalue weighted by Gasteiger charge is -2.12. The van der Waals surface area contributed by atoms with Crippen LogP contribution in [-0.4, -0.2) is 18.2 Å². The number of amides is 2. The van der Waals surface area contributed by atoms with Crippen LogP contribution in [0.5, 0.6) is 5.75 Å². The number of carbonyl (C=O) groups is 1. The minimum atomic E-state index is -4.73. The van der Waals surface area contributed by atoms with E-state index in [9.17, 15) is 18.0 Å². The number of nitrogens with zero attached hydrogens (tertiary/aromatic N) is 1. The Labute approximate surface area is 99.4 Å². The van der Waals surface area contributed by atoms with Crippen molar-refractivity contribution in [1.82, 2.24) is 5.32 Å². The van der Waals surface area contributed by atoms with Crippen LogP contribution < -0.4 is 15.8 Å². The van der Waals surface area contributed by atoms with Crippen LogP contribution in [-0.2, 0) is 0 Å². The van der Waals surface area contributed by atoms with Gasteiger partial charge in [0.15, 0.2) is 0 Å². The van der Waals surface area contributed by atoms with E-state index in [1.165, 1.54) is 12.1 Å². The first kappa shape index (κ1) is 12.2. The first-order valence-corrected chi connectivity index (χ1v) is 4.85. The van der Waals surface area contributed by atoms with Crippen molar-refractivity contribution in [2.24, 2.45) is 10.7 Å². The molecule has 1 aliphatic rings. The van der Waals surface area contributed by atoms with Gasteiger partial charge in [-0.05, 0) is 17.7 Å². The lowest BCUT2D eigenvalue weighted by atomic mass is 10.1. The zero-order chi connectivity index (χ0) is 13.3. The Bertz CT molecular complexity index is 496. The standard InChI is InChI=1S/C10H8F3N3O2/c11-10(12,13)18-6-3-1-5(2-4-6)7-8(14)16-9(17)15-7/h1-4,7H,(H3,14,15,16,17). The second-order valence-corrected chi connectivity index (χ2v) is 3.54. The summed E-state index contributed by atoms with van der Waals surface area (Å²) in [5.41, 5.74) is 6.02. The van der Waals surface area contributed by atoms with Crippen LogP contribution in [0.25, 0.3) is 0 Å². The number of halogens is 3. The summed E-state index contributed by atoms with van der Waals surface area (Å²) < 4.78 is 39.5. The van der Waals surface area contributed by atoms with Crippen molar-refractivity contribution in [3.05, 3.63) is 29.8 Å². The first-order valence-electron chi connectivity index (χ1n) is 4.85. The zero-order valence-electron chi connectivity index (χ0n) is 8.86. The fourth-order valence-electron chi connectivity index (χ4n) is 1.53. The molecule has 1 heterocycles. The van der Waals surface area contributed by atoms with Crippen molar-refractivity contribution >= 4 is 11.9 Å². The molecule has 2 rings (SSSR count). The molecule has 0 radical (unpaired) electrons. The monoisotopic (exact) mass is 259 g/mol. The molecule has 0 fully saturated rings. The van der Waals surface area contributed by atoms with Crippen LogP contribution in [0.2, 0.25) is 0 Å². The van der Waals surface area contributed by atoms with E-state index in [4.69, 9.17) is 5.73 Å². The number of hydrogen-bond donors (Lipinski definition) is 2. The Hall–Kier alpha value is -2.25. The highest BCUT2D eigenvalue weighted by atomic mass is 19.4. The number of amidine groups is 1. The SMILES string of the molecule is NC1=NC(=O)NC1c1ccc(OC(F)(F)F)cc1. The molecule has 0 saturated carbocycles. The van der Waals surface area contributed by atoms with Crippen molar-refractivity contribution in [1.29, 1.82) is 0 Å². The lowest BCUT2D eigenvalue weighted by molar-refractivity contribution is -0.274. The van der Waals surface area contributed by atoms with Crippen LogP contribution in [0.3, 0.4) is 0 Å². The van der Waals surface area contributed by atoms with Gasteiger partial charge in [-0.2, -0.15) is 4.99 Å². The summed E-state index contributed by atoms with van der Waals surface area (Å²) in [5.74, 6) is -0.268. The first-order chi connectivity index (χ1) is 8.35. The van der Waals surface area contributed by atoms with Crippen molar-refractivity contribution in [3.8, 4) is 5.75 Å². The average molecular weight is 259 g/mol. The van der Waals surface area contributed by atoms with E-state index in [-0.39, 0.29) is 11.6 Å². The summed E-state index contributed by atoms with van der Waals surface area (Å²) >= 11 is 0. The van der Waals surface area contributed by atoms with Gasteiger partial charge in [-0.3, -0.25) is 0 Å². The van der Waals surface area contributed by atoms with Gasteiger partial charge in [0.05, 0.1) is 0 Å². The number of benzene rings is 1. The molecule has 1 aromatic carbocycles. The minimum Gasteiger partial charge on any atom is -0.406 e. The van der Waals surface area contributed by atoms with Gasteiger partial charge < -0.3 is 15.8 Å². The van der Waals surface area contributed by atoms with Crippen molar-refractivity contribution < 1.29 is 22.7 Å². The minimum absolute atomic E-state index is 0.0736. The van der Waals surface area contributed by atoms with E-state index in [0.29, 0.717) is 5.56 Å². The van der Waals surface area contributed by atoms with E-state index in [2.05, 4.69) is 15.0 Å². The molecule has 0 aromatic heterocycles. The fraction of sp³-hybridized carbons (Fsp3) is 0.200. The van der Waals surface area contributed by atoms with Gasteiger partial charge in [0.1, 0.15) is 17.6 Å². The highest BCUT2D eigenvalue weighted by Gasteiger charge is 2.31. The third kappa shape index (κ3) is 2.70. The van der Waals surface area contributed by atoms with Gasteiger partial charge in [0, 0.05) is 0 Å². The second-order valence-electron chi connectivity index (χ2n) is 3.54. The number of hydrogen-bond acceptors (Lipinski definition) is 3. The molecule has 1 aromatic rings. The summed E-state index contributed by atoms with van der Waals surface area (Å²) in [7, 11) is 0. The normalized spacial score (nSPS) is 19.4. The molecular formula is C10H8F3N3O2. The van der Waals surface area contributed by atoms with Gasteiger partial charge in [-0.1, -0.05) is 12.1 Å². The molecule has 1 unspecified atom stereocenters. The summed E-state index contributed by atoms with van der Waals surface area (Å²) in [4.78, 5) is 14.4. The van der Waals surface area contributed by atoms with E-state index in [0.717, 1.165) is 12.1 Å². The molecular weight excluding hydrogens is 251 g/mol. The zero-order valence-corrected chi connectivity index (χ0v) is 8.86. The van der Waals surface area contributed by atoms with E-state index < -0.39 is 18.4 Å². The van der Waals surface area contributed by atoms with Crippen molar-refractivity contribution in [2.75, 3.05) is 0 Å². The summed E-state index contributed by atoms with van der Waals surface area (Å²) in [6, 6.07) is 3.84. The number of nitrogens with one attached hydrogen (secondary N) is 1. The molecule has 5 nitrogen and oxygen atoms in total. The molecule has 0 bridgehead atoms. The molecule has 96 valence electrons. The lowest BCUT2D eigenvalue weighted by Crippen LogP contribution is -2.27. The van der Waals surface area contributed by atoms with E-state index >= 15 is 0 Å². The van der Waals surface area contributed by atoms with Crippen LogP contribution in [0, 0.1) is 0 Å². The average Bonchev–Trinajstić information content (AvgIpc) is 2.57. The third-order valence-electron chi connectivity index (χ3n) is 2.24. The predicted octanol–water partition coefficient (Wildman–Crippen LogP) is 1.71. The number of aliphatic imine (C=N–C) groups is 1. The Kier molecular flexibility index (Phi) is 2.85. The van der Waals surface area contributed by atoms with E-state index in [1.807, 2.05) is 0 Å². The second kappa shape index (κ2) is 4.21. The van der Waals surface area contributed by atoms with Crippen molar-refractivity contribution in [2.45, 2.75) is 12.4 Å². The van der Waals surface area contributed by atoms with Crippen molar-refractivity contribution in [3.63, 3.8) is 0 Å². The Morgan fingerprint density at radius 1 is 1.28 bits per heavy atom. The molecule has 1 aliphatic heterocycles. The Morgan fingerprint density at radius 3 is 2.33 bits per heavy atom. The molecule has 0 spiro atoms. The highest BCUT2D eigenvalue weighted by molar-refractivity contribution is 6.03. The predicted molar refractivity (Wildman–Crippen MR) is 56.0 cm³/mol. The van der Waals surface area contributed by atoms with Gasteiger partial charge >= 0.3 is 12.4 Å². The van der Waals surface area contributed by atoms with Crippen LogP contribution >= 0.6 is 0 Å². The molecule has 2 amide bonds. The summed E-state index contributed by atoms with van der Waals surface area (Å²) in [6.07, 6.45) is -4.73. The topological polar surface area (TPSA) is 76.7 Å². The number of alkyl halides is 3.